The van der Waals surface area contributed by atoms with Crippen molar-refractivity contribution in [3.05, 3.63) is 39.6 Å². The molecule has 1 N–H and O–H groups in total. The first kappa shape index (κ1) is 15.7. The van der Waals surface area contributed by atoms with Crippen LogP contribution in [0.3, 0.4) is 0 Å². The van der Waals surface area contributed by atoms with Gasteiger partial charge in [-0.25, -0.2) is 4.98 Å². The highest BCUT2D eigenvalue weighted by Gasteiger charge is 2.21. The second-order valence-corrected chi connectivity index (χ2v) is 7.13. The maximum Gasteiger partial charge on any atom is 0.229 e. The van der Waals surface area contributed by atoms with Gasteiger partial charge in [0.05, 0.1) is 0 Å². The minimum atomic E-state index is 0.457. The Bertz CT molecular complexity index is 1030. The highest BCUT2D eigenvalue weighted by molar-refractivity contribution is 14.1. The van der Waals surface area contributed by atoms with E-state index in [2.05, 4.69) is 42.8 Å². The van der Waals surface area contributed by atoms with E-state index in [1.165, 1.54) is 11.8 Å². The van der Waals surface area contributed by atoms with Crippen LogP contribution in [0, 0.1) is 3.70 Å². The molecule has 3 heterocycles. The van der Waals surface area contributed by atoms with Gasteiger partial charge in [-0.15, -0.1) is 0 Å². The first-order valence-electron chi connectivity index (χ1n) is 7.29. The number of halogens is 1. The molecule has 3 aromatic heterocycles. The predicted molar refractivity (Wildman–Crippen MR) is 103 cm³/mol. The highest BCUT2D eigenvalue weighted by Crippen LogP contribution is 2.35. The number of aryl methyl sites for hydroxylation is 1. The minimum Gasteiger partial charge on any atom is -0.472 e. The third-order valence-corrected chi connectivity index (χ3v) is 5.12. The Morgan fingerprint density at radius 2 is 2.04 bits per heavy atom. The van der Waals surface area contributed by atoms with Crippen LogP contribution in [-0.4, -0.2) is 31.0 Å². The molecule has 8 heteroatoms. The lowest BCUT2D eigenvalue weighted by Gasteiger charge is -2.08. The van der Waals surface area contributed by atoms with Crippen molar-refractivity contribution in [2.75, 3.05) is 6.26 Å². The van der Waals surface area contributed by atoms with Crippen LogP contribution in [0.4, 0.5) is 0 Å². The quantitative estimate of drug-likeness (QED) is 0.291. The summed E-state index contributed by atoms with van der Waals surface area (Å²) in [4.78, 5) is 9.20. The highest BCUT2D eigenvalue weighted by atomic mass is 127. The van der Waals surface area contributed by atoms with E-state index in [0.29, 0.717) is 17.6 Å². The van der Waals surface area contributed by atoms with Gasteiger partial charge >= 0.3 is 0 Å². The van der Waals surface area contributed by atoms with Gasteiger partial charge in [0.25, 0.3) is 0 Å². The Morgan fingerprint density at radius 3 is 2.79 bits per heavy atom. The molecule has 0 fully saturated rings. The summed E-state index contributed by atoms with van der Waals surface area (Å²) in [5.41, 5.74) is 3.79. The SMILES string of the molecule is CSc1nc(OCc2ccccc2)c2c3n[nH]c(I)c3n(C)c2n1. The molecule has 0 aliphatic rings. The summed E-state index contributed by atoms with van der Waals surface area (Å²) in [7, 11) is 1.99. The molecule has 4 aromatic rings. The second-order valence-electron chi connectivity index (χ2n) is 5.28. The minimum absolute atomic E-state index is 0.457. The van der Waals surface area contributed by atoms with E-state index < -0.39 is 0 Å². The fourth-order valence-electron chi connectivity index (χ4n) is 2.68. The van der Waals surface area contributed by atoms with Crippen LogP contribution >= 0.6 is 34.4 Å². The van der Waals surface area contributed by atoms with Crippen molar-refractivity contribution in [3.63, 3.8) is 0 Å². The number of H-pyrrole nitrogens is 1. The average Bonchev–Trinajstić information content (AvgIpc) is 3.13. The summed E-state index contributed by atoms with van der Waals surface area (Å²) in [6.07, 6.45) is 1.96. The van der Waals surface area contributed by atoms with Crippen LogP contribution in [0.25, 0.3) is 22.1 Å². The molecular formula is C16H14IN5OS. The molecule has 4 rings (SSSR count). The van der Waals surface area contributed by atoms with Crippen molar-refractivity contribution in [1.82, 2.24) is 24.7 Å². The number of ether oxygens (including phenoxy) is 1. The zero-order valence-corrected chi connectivity index (χ0v) is 16.1. The molecule has 0 radical (unpaired) electrons. The number of benzene rings is 1. The van der Waals surface area contributed by atoms with Gasteiger partial charge in [0.15, 0.2) is 10.8 Å². The maximum absolute atomic E-state index is 6.04. The summed E-state index contributed by atoms with van der Waals surface area (Å²) < 4.78 is 9.05. The molecular weight excluding hydrogens is 437 g/mol. The topological polar surface area (TPSA) is 68.6 Å². The summed E-state index contributed by atoms with van der Waals surface area (Å²) in [6, 6.07) is 10.1. The number of rotatable bonds is 4. The van der Waals surface area contributed by atoms with Gasteiger partial charge in [-0.1, -0.05) is 42.1 Å². The van der Waals surface area contributed by atoms with Crippen LogP contribution in [0.15, 0.2) is 35.5 Å². The summed E-state index contributed by atoms with van der Waals surface area (Å²) in [6.45, 7) is 0.457. The molecule has 0 aliphatic carbocycles. The van der Waals surface area contributed by atoms with Crippen molar-refractivity contribution in [2.45, 2.75) is 11.8 Å². The van der Waals surface area contributed by atoms with Crippen LogP contribution in [-0.2, 0) is 13.7 Å². The van der Waals surface area contributed by atoms with Gasteiger partial charge in [-0.05, 0) is 34.4 Å². The van der Waals surface area contributed by atoms with E-state index in [1.54, 1.807) is 0 Å². The second kappa shape index (κ2) is 6.25. The van der Waals surface area contributed by atoms with E-state index in [4.69, 9.17) is 4.74 Å². The van der Waals surface area contributed by atoms with E-state index in [-0.39, 0.29) is 0 Å². The molecule has 6 nitrogen and oxygen atoms in total. The number of hydrogen-bond donors (Lipinski definition) is 1. The van der Waals surface area contributed by atoms with Crippen molar-refractivity contribution >= 4 is 56.4 Å². The van der Waals surface area contributed by atoms with Crippen molar-refractivity contribution in [3.8, 4) is 5.88 Å². The van der Waals surface area contributed by atoms with Crippen LogP contribution in [0.1, 0.15) is 5.56 Å². The molecule has 0 atom stereocenters. The molecule has 0 amide bonds. The molecule has 24 heavy (non-hydrogen) atoms. The van der Waals surface area contributed by atoms with Crippen molar-refractivity contribution < 1.29 is 4.74 Å². The van der Waals surface area contributed by atoms with Crippen LogP contribution in [0.5, 0.6) is 5.88 Å². The Labute approximate surface area is 156 Å². The number of nitrogens with zero attached hydrogens (tertiary/aromatic N) is 4. The zero-order valence-electron chi connectivity index (χ0n) is 13.1. The number of thioether (sulfide) groups is 1. The molecule has 0 saturated carbocycles. The number of nitrogens with one attached hydrogen (secondary N) is 1. The summed E-state index contributed by atoms with van der Waals surface area (Å²) >= 11 is 3.74. The van der Waals surface area contributed by atoms with E-state index >= 15 is 0 Å². The lowest BCUT2D eigenvalue weighted by Crippen LogP contribution is -2.01. The molecule has 0 spiro atoms. The standard InChI is InChI=1S/C16H14IN5OS/c1-22-12-11(20-21-13(12)17)10-14(22)18-16(24-2)19-15(10)23-8-9-6-4-3-5-7-9/h3-7H,8H2,1-2H3,(H,20,21). The summed E-state index contributed by atoms with van der Waals surface area (Å²) in [5, 5.41) is 8.97. The van der Waals surface area contributed by atoms with Gasteiger partial charge in [0.1, 0.15) is 26.7 Å². The maximum atomic E-state index is 6.04. The smallest absolute Gasteiger partial charge is 0.229 e. The fourth-order valence-corrected chi connectivity index (χ4v) is 3.77. The Balaban J connectivity index is 1.87. The number of aromatic amines is 1. The first-order chi connectivity index (χ1) is 11.7. The van der Waals surface area contributed by atoms with Gasteiger partial charge in [0.2, 0.25) is 5.88 Å². The van der Waals surface area contributed by atoms with Crippen molar-refractivity contribution in [1.29, 1.82) is 0 Å². The van der Waals surface area contributed by atoms with Crippen LogP contribution in [0.2, 0.25) is 0 Å². The molecule has 0 unspecified atom stereocenters. The third-order valence-electron chi connectivity index (χ3n) is 3.83. The van der Waals surface area contributed by atoms with E-state index in [0.717, 1.165) is 31.3 Å². The van der Waals surface area contributed by atoms with Gasteiger partial charge in [0, 0.05) is 7.05 Å². The monoisotopic (exact) mass is 451 g/mol. The molecule has 1 aromatic carbocycles. The predicted octanol–water partition coefficient (Wildman–Crippen LogP) is 3.75. The molecule has 0 saturated heterocycles. The Hall–Kier alpha value is -1.81. The van der Waals surface area contributed by atoms with Crippen molar-refractivity contribution in [2.24, 2.45) is 7.05 Å². The molecule has 0 bridgehead atoms. The fraction of sp³-hybridized carbons (Fsp3) is 0.188. The molecule has 0 aliphatic heterocycles. The average molecular weight is 451 g/mol. The number of aromatic nitrogens is 5. The Kier molecular flexibility index (Phi) is 4.09. The van der Waals surface area contributed by atoms with Gasteiger partial charge in [-0.3, -0.25) is 5.10 Å². The lowest BCUT2D eigenvalue weighted by atomic mass is 10.2. The lowest BCUT2D eigenvalue weighted by molar-refractivity contribution is 0.295. The molecule has 122 valence electrons. The first-order valence-corrected chi connectivity index (χ1v) is 9.60. The number of hydrogen-bond acceptors (Lipinski definition) is 5. The zero-order chi connectivity index (χ0) is 16.7. The van der Waals surface area contributed by atoms with E-state index in [9.17, 15) is 0 Å². The number of fused-ring (bicyclic) bond motifs is 3. The van der Waals surface area contributed by atoms with Gasteiger partial charge in [-0.2, -0.15) is 10.1 Å². The van der Waals surface area contributed by atoms with Gasteiger partial charge < -0.3 is 9.30 Å². The van der Waals surface area contributed by atoms with E-state index in [1.807, 2.05) is 48.2 Å². The largest absolute Gasteiger partial charge is 0.472 e. The van der Waals surface area contributed by atoms with Crippen LogP contribution < -0.4 is 4.74 Å². The Morgan fingerprint density at radius 1 is 1.25 bits per heavy atom. The normalized spacial score (nSPS) is 11.5. The summed E-state index contributed by atoms with van der Waals surface area (Å²) in [5.74, 6) is 0.571. The third kappa shape index (κ3) is 2.53.